The van der Waals surface area contributed by atoms with Crippen molar-refractivity contribution in [3.63, 3.8) is 0 Å². The van der Waals surface area contributed by atoms with Crippen LogP contribution in [0.1, 0.15) is 84.1 Å². The topological polar surface area (TPSA) is 38.8 Å². The first-order valence-electron chi connectivity index (χ1n) is 14.1. The van der Waals surface area contributed by atoms with Crippen molar-refractivity contribution in [2.24, 2.45) is 17.8 Å². The van der Waals surface area contributed by atoms with Crippen molar-refractivity contribution in [2.45, 2.75) is 91.2 Å². The highest BCUT2D eigenvalue weighted by atomic mass is 16.5. The van der Waals surface area contributed by atoms with Gasteiger partial charge in [0.15, 0.2) is 0 Å². The fraction of sp³-hybridized carbons (Fsp3) is 0.645. The zero-order chi connectivity index (χ0) is 24.6. The number of esters is 1. The number of carbonyl (C=O) groups is 1. The molecule has 0 atom stereocenters. The minimum absolute atomic E-state index is 0.0226. The van der Waals surface area contributed by atoms with Crippen LogP contribution in [0.2, 0.25) is 0 Å². The number of nitrogens with zero attached hydrogens (tertiary/aromatic N) is 1. The highest BCUT2D eigenvalue weighted by Crippen LogP contribution is 2.32. The summed E-state index contributed by atoms with van der Waals surface area (Å²) in [5.74, 6) is 2.79. The maximum Gasteiger partial charge on any atom is 0.309 e. The Morgan fingerprint density at radius 1 is 0.971 bits per heavy atom. The van der Waals surface area contributed by atoms with E-state index in [2.05, 4.69) is 55.1 Å². The number of benzene rings is 2. The summed E-state index contributed by atoms with van der Waals surface area (Å²) in [5.41, 5.74) is 1.33. The Bertz CT molecular complexity index is 939. The summed E-state index contributed by atoms with van der Waals surface area (Å²) >= 11 is 0. The van der Waals surface area contributed by atoms with Crippen LogP contribution in [0.4, 0.5) is 0 Å². The number of piperidine rings is 1. The highest BCUT2D eigenvalue weighted by Gasteiger charge is 2.26. The van der Waals surface area contributed by atoms with Gasteiger partial charge in [0.25, 0.3) is 0 Å². The summed E-state index contributed by atoms with van der Waals surface area (Å²) in [6.45, 7) is 9.85. The number of hydrogen-bond acceptors (Lipinski definition) is 4. The van der Waals surface area contributed by atoms with Gasteiger partial charge in [-0.25, -0.2) is 0 Å². The SMILES string of the molecule is CCOC(=O)C1CCN(Cc2ccc3cc(O[C@H]4CC[C@H](CCCC(C)C)CC4)ccc3c2)CC1. The first kappa shape index (κ1) is 26.0. The largest absolute Gasteiger partial charge is 0.490 e. The van der Waals surface area contributed by atoms with E-state index in [4.69, 9.17) is 9.47 Å². The van der Waals surface area contributed by atoms with E-state index < -0.39 is 0 Å². The predicted molar refractivity (Wildman–Crippen MR) is 144 cm³/mol. The molecule has 0 unspecified atom stereocenters. The van der Waals surface area contributed by atoms with Crippen molar-refractivity contribution in [3.8, 4) is 5.75 Å². The fourth-order valence-electron chi connectivity index (χ4n) is 5.84. The van der Waals surface area contributed by atoms with E-state index in [1.54, 1.807) is 0 Å². The molecule has 192 valence electrons. The van der Waals surface area contributed by atoms with E-state index >= 15 is 0 Å². The molecular formula is C31H45NO3. The Hall–Kier alpha value is -2.07. The number of carbonyl (C=O) groups excluding carboxylic acids is 1. The van der Waals surface area contributed by atoms with Crippen molar-refractivity contribution < 1.29 is 14.3 Å². The number of likely N-dealkylation sites (tertiary alicyclic amines) is 1. The van der Waals surface area contributed by atoms with Crippen LogP contribution in [0.15, 0.2) is 36.4 Å². The highest BCUT2D eigenvalue weighted by molar-refractivity contribution is 5.84. The molecule has 1 aliphatic heterocycles. The first-order chi connectivity index (χ1) is 17.0. The molecule has 1 saturated heterocycles. The Morgan fingerprint density at radius 3 is 2.40 bits per heavy atom. The third-order valence-electron chi connectivity index (χ3n) is 7.98. The molecule has 0 N–H and O–H groups in total. The van der Waals surface area contributed by atoms with Crippen molar-refractivity contribution in [3.05, 3.63) is 42.0 Å². The van der Waals surface area contributed by atoms with Crippen LogP contribution < -0.4 is 4.74 Å². The molecule has 0 spiro atoms. The zero-order valence-electron chi connectivity index (χ0n) is 22.1. The van der Waals surface area contributed by atoms with Gasteiger partial charge in [0, 0.05) is 6.54 Å². The number of rotatable bonds is 10. The lowest BCUT2D eigenvalue weighted by Gasteiger charge is -2.30. The lowest BCUT2D eigenvalue weighted by atomic mass is 9.83. The first-order valence-corrected chi connectivity index (χ1v) is 14.1. The molecule has 0 bridgehead atoms. The molecule has 0 aromatic heterocycles. The Morgan fingerprint density at radius 2 is 1.69 bits per heavy atom. The molecule has 1 saturated carbocycles. The van der Waals surface area contributed by atoms with Gasteiger partial charge in [-0.2, -0.15) is 0 Å². The molecule has 0 amide bonds. The lowest BCUT2D eigenvalue weighted by Crippen LogP contribution is -2.36. The minimum atomic E-state index is -0.0226. The summed E-state index contributed by atoms with van der Waals surface area (Å²) < 4.78 is 11.6. The van der Waals surface area contributed by atoms with Crippen molar-refractivity contribution >= 4 is 16.7 Å². The average molecular weight is 480 g/mol. The van der Waals surface area contributed by atoms with Crippen LogP contribution >= 0.6 is 0 Å². The summed E-state index contributed by atoms with van der Waals surface area (Å²) in [6.07, 6.45) is 11.3. The molecule has 2 aromatic carbocycles. The molecule has 4 heteroatoms. The number of fused-ring (bicyclic) bond motifs is 1. The second kappa shape index (κ2) is 12.8. The van der Waals surface area contributed by atoms with Crippen LogP contribution in [-0.4, -0.2) is 36.7 Å². The molecule has 2 aromatic rings. The molecule has 1 aliphatic carbocycles. The average Bonchev–Trinajstić information content (AvgIpc) is 2.85. The quantitative estimate of drug-likeness (QED) is 0.333. The molecule has 35 heavy (non-hydrogen) atoms. The molecule has 4 rings (SSSR count). The van der Waals surface area contributed by atoms with E-state index in [9.17, 15) is 4.79 Å². The summed E-state index contributed by atoms with van der Waals surface area (Å²) in [7, 11) is 0. The van der Waals surface area contributed by atoms with Gasteiger partial charge in [0.2, 0.25) is 0 Å². The normalized spacial score (nSPS) is 21.9. The molecule has 2 fully saturated rings. The van der Waals surface area contributed by atoms with Crippen molar-refractivity contribution in [1.29, 1.82) is 0 Å². The van der Waals surface area contributed by atoms with Gasteiger partial charge < -0.3 is 9.47 Å². The van der Waals surface area contributed by atoms with Gasteiger partial charge in [-0.1, -0.05) is 51.3 Å². The molecule has 4 nitrogen and oxygen atoms in total. The fourth-order valence-corrected chi connectivity index (χ4v) is 5.84. The minimum Gasteiger partial charge on any atom is -0.490 e. The monoisotopic (exact) mass is 479 g/mol. The molecule has 0 radical (unpaired) electrons. The van der Waals surface area contributed by atoms with Crippen molar-refractivity contribution in [1.82, 2.24) is 4.90 Å². The van der Waals surface area contributed by atoms with Gasteiger partial charge >= 0.3 is 5.97 Å². The van der Waals surface area contributed by atoms with Crippen molar-refractivity contribution in [2.75, 3.05) is 19.7 Å². The Balaban J connectivity index is 1.25. The van der Waals surface area contributed by atoms with Gasteiger partial charge in [-0.05, 0) is 105 Å². The third kappa shape index (κ3) is 7.70. The second-order valence-corrected chi connectivity index (χ2v) is 11.2. The molecular weight excluding hydrogens is 434 g/mol. The summed E-state index contributed by atoms with van der Waals surface area (Å²) in [5, 5.41) is 2.51. The van der Waals surface area contributed by atoms with Crippen LogP contribution in [-0.2, 0) is 16.1 Å². The Labute approximate surface area is 212 Å². The van der Waals surface area contributed by atoms with Crippen LogP contribution in [0.3, 0.4) is 0 Å². The van der Waals surface area contributed by atoms with Gasteiger partial charge in [-0.15, -0.1) is 0 Å². The van der Waals surface area contributed by atoms with E-state index in [0.29, 0.717) is 12.7 Å². The van der Waals surface area contributed by atoms with E-state index in [1.807, 2.05) is 6.92 Å². The van der Waals surface area contributed by atoms with E-state index in [-0.39, 0.29) is 11.9 Å². The lowest BCUT2D eigenvalue weighted by molar-refractivity contribution is -0.149. The second-order valence-electron chi connectivity index (χ2n) is 11.2. The Kier molecular flexibility index (Phi) is 9.48. The summed E-state index contributed by atoms with van der Waals surface area (Å²) in [4.78, 5) is 14.4. The zero-order valence-corrected chi connectivity index (χ0v) is 22.1. The maximum absolute atomic E-state index is 12.0. The van der Waals surface area contributed by atoms with Crippen LogP contribution in [0.5, 0.6) is 5.75 Å². The molecule has 1 heterocycles. The van der Waals surface area contributed by atoms with Gasteiger partial charge in [0.1, 0.15) is 5.75 Å². The van der Waals surface area contributed by atoms with Crippen LogP contribution in [0, 0.1) is 17.8 Å². The summed E-state index contributed by atoms with van der Waals surface area (Å²) in [6, 6.07) is 13.3. The molecule has 2 aliphatic rings. The predicted octanol–water partition coefficient (Wildman–Crippen LogP) is 7.38. The van der Waals surface area contributed by atoms with Crippen LogP contribution in [0.25, 0.3) is 10.8 Å². The van der Waals surface area contributed by atoms with E-state index in [1.165, 1.54) is 61.3 Å². The number of ether oxygens (including phenoxy) is 2. The van der Waals surface area contributed by atoms with Gasteiger partial charge in [0.05, 0.1) is 18.6 Å². The third-order valence-corrected chi connectivity index (χ3v) is 7.98. The van der Waals surface area contributed by atoms with Gasteiger partial charge in [-0.3, -0.25) is 9.69 Å². The smallest absolute Gasteiger partial charge is 0.309 e. The maximum atomic E-state index is 12.0. The number of hydrogen-bond donors (Lipinski definition) is 0. The standard InChI is InChI=1S/C31H45NO3/c1-4-34-31(33)26-16-18-32(19-17-26)22-25-8-11-28-21-30(15-12-27(28)20-25)35-29-13-9-24(10-14-29)7-5-6-23(2)3/h8,11-12,15,20-21,23-24,26,29H,4-7,9-10,13-14,16-19,22H2,1-3H3/t24-,29-. The van der Waals surface area contributed by atoms with E-state index in [0.717, 1.165) is 50.1 Å².